The van der Waals surface area contributed by atoms with Crippen LogP contribution in [0.5, 0.6) is 5.75 Å². The van der Waals surface area contributed by atoms with Crippen LogP contribution in [0, 0.1) is 0 Å². The maximum Gasteiger partial charge on any atom is 0.230 e. The van der Waals surface area contributed by atoms with Gasteiger partial charge in [0.1, 0.15) is 11.9 Å². The van der Waals surface area contributed by atoms with E-state index >= 15 is 0 Å². The Hall–Kier alpha value is -1.63. The molecule has 1 N–H and O–H groups in total. The van der Waals surface area contributed by atoms with Crippen LogP contribution in [0.15, 0.2) is 28.8 Å². The number of hydrogen-bond donors (Lipinski definition) is 1. The Morgan fingerprint density at radius 2 is 1.83 bits per heavy atom. The molecule has 2 saturated heterocycles. The van der Waals surface area contributed by atoms with Crippen molar-refractivity contribution in [1.82, 2.24) is 15.5 Å². The van der Waals surface area contributed by atoms with Gasteiger partial charge >= 0.3 is 0 Å². The first kappa shape index (κ1) is 16.2. The van der Waals surface area contributed by atoms with Crippen molar-refractivity contribution in [2.45, 2.75) is 24.9 Å². The third-order valence-corrected chi connectivity index (χ3v) is 4.17. The van der Waals surface area contributed by atoms with Gasteiger partial charge in [0.05, 0.1) is 0 Å². The summed E-state index contributed by atoms with van der Waals surface area (Å²) in [6.07, 6.45) is 2.18. The fraction of sp³-hybridized carbons (Fsp3) is 0.500. The number of nitrogens with one attached hydrogen (secondary N) is 1. The van der Waals surface area contributed by atoms with Gasteiger partial charge in [-0.15, -0.1) is 12.4 Å². The molecular weight excluding hydrogens is 318 g/mol. The minimum atomic E-state index is 0. The molecule has 2 fully saturated rings. The molecule has 0 spiro atoms. The summed E-state index contributed by atoms with van der Waals surface area (Å²) in [5.74, 6) is 2.56. The first-order chi connectivity index (χ1) is 10.9. The molecule has 0 unspecified atom stereocenters. The number of halogens is 1. The predicted molar refractivity (Wildman–Crippen MR) is 87.1 cm³/mol. The lowest BCUT2D eigenvalue weighted by Gasteiger charge is -2.27. The van der Waals surface area contributed by atoms with E-state index in [1.165, 1.54) is 0 Å². The third kappa shape index (κ3) is 3.65. The molecule has 0 atom stereocenters. The highest BCUT2D eigenvalue weighted by molar-refractivity contribution is 5.85. The van der Waals surface area contributed by atoms with Crippen LogP contribution in [0.25, 0.3) is 11.4 Å². The summed E-state index contributed by atoms with van der Waals surface area (Å²) >= 11 is 0. The number of hydrogen-bond acceptors (Lipinski definition) is 6. The fourth-order valence-electron chi connectivity index (χ4n) is 2.68. The van der Waals surface area contributed by atoms with E-state index in [0.717, 1.165) is 56.3 Å². The van der Waals surface area contributed by atoms with Gasteiger partial charge in [0.15, 0.2) is 0 Å². The number of aromatic nitrogens is 2. The SMILES string of the molecule is Cl.c1cc(-c2noc(C3CCOCC3)n2)ccc1OC1CNC1. The molecule has 2 aromatic rings. The minimum Gasteiger partial charge on any atom is -0.488 e. The lowest BCUT2D eigenvalue weighted by Crippen LogP contribution is -2.50. The van der Waals surface area contributed by atoms with Crippen molar-refractivity contribution in [3.8, 4) is 17.1 Å². The van der Waals surface area contributed by atoms with Gasteiger partial charge in [-0.25, -0.2) is 0 Å². The molecule has 6 nitrogen and oxygen atoms in total. The van der Waals surface area contributed by atoms with Gasteiger partial charge in [-0.1, -0.05) is 5.16 Å². The lowest BCUT2D eigenvalue weighted by molar-refractivity contribution is 0.0778. The average Bonchev–Trinajstić information content (AvgIpc) is 3.02. The molecule has 1 aromatic carbocycles. The van der Waals surface area contributed by atoms with Gasteiger partial charge in [-0.3, -0.25) is 0 Å². The topological polar surface area (TPSA) is 69.4 Å². The summed E-state index contributed by atoms with van der Waals surface area (Å²) in [4.78, 5) is 4.54. The first-order valence-electron chi connectivity index (χ1n) is 7.77. The molecule has 0 saturated carbocycles. The van der Waals surface area contributed by atoms with Crippen LogP contribution < -0.4 is 10.1 Å². The molecule has 0 radical (unpaired) electrons. The fourth-order valence-corrected chi connectivity index (χ4v) is 2.68. The van der Waals surface area contributed by atoms with E-state index in [1.807, 2.05) is 24.3 Å². The van der Waals surface area contributed by atoms with Crippen molar-refractivity contribution < 1.29 is 14.0 Å². The maximum atomic E-state index is 5.80. The van der Waals surface area contributed by atoms with Crippen molar-refractivity contribution in [2.75, 3.05) is 26.3 Å². The molecule has 0 aliphatic carbocycles. The quantitative estimate of drug-likeness (QED) is 0.924. The highest BCUT2D eigenvalue weighted by Crippen LogP contribution is 2.28. The summed E-state index contributed by atoms with van der Waals surface area (Å²) in [5, 5.41) is 7.29. The van der Waals surface area contributed by atoms with E-state index < -0.39 is 0 Å². The van der Waals surface area contributed by atoms with Crippen molar-refractivity contribution in [2.24, 2.45) is 0 Å². The number of ether oxygens (including phenoxy) is 2. The first-order valence-corrected chi connectivity index (χ1v) is 7.77. The molecule has 23 heavy (non-hydrogen) atoms. The smallest absolute Gasteiger partial charge is 0.230 e. The van der Waals surface area contributed by atoms with Gasteiger partial charge in [0, 0.05) is 37.8 Å². The summed E-state index contributed by atoms with van der Waals surface area (Å²) in [6, 6.07) is 7.86. The standard InChI is InChI=1S/C16H19N3O3.ClH/c1-3-13(21-14-9-17-10-14)4-2-11(1)15-18-16(22-19-15)12-5-7-20-8-6-12;/h1-4,12,14,17H,5-10H2;1H. The Kier molecular flexibility index (Phi) is 5.15. The summed E-state index contributed by atoms with van der Waals surface area (Å²) in [7, 11) is 0. The Labute approximate surface area is 141 Å². The van der Waals surface area contributed by atoms with E-state index in [1.54, 1.807) is 0 Å². The molecule has 4 rings (SSSR count). The van der Waals surface area contributed by atoms with Crippen molar-refractivity contribution in [1.29, 1.82) is 0 Å². The third-order valence-electron chi connectivity index (χ3n) is 4.17. The second kappa shape index (κ2) is 7.29. The van der Waals surface area contributed by atoms with Crippen molar-refractivity contribution >= 4 is 12.4 Å². The van der Waals surface area contributed by atoms with Gasteiger partial charge < -0.3 is 19.3 Å². The zero-order chi connectivity index (χ0) is 14.8. The van der Waals surface area contributed by atoms with Crippen LogP contribution in [0.3, 0.4) is 0 Å². The molecular formula is C16H20ClN3O3. The van der Waals surface area contributed by atoms with Crippen molar-refractivity contribution in [3.63, 3.8) is 0 Å². The van der Waals surface area contributed by atoms with E-state index in [9.17, 15) is 0 Å². The largest absolute Gasteiger partial charge is 0.488 e. The molecule has 0 bridgehead atoms. The predicted octanol–water partition coefficient (Wildman–Crippen LogP) is 2.40. The molecule has 7 heteroatoms. The monoisotopic (exact) mass is 337 g/mol. The zero-order valence-corrected chi connectivity index (χ0v) is 13.6. The molecule has 2 aliphatic rings. The normalized spacial score (nSPS) is 19.0. The summed E-state index contributed by atoms with van der Waals surface area (Å²) in [6.45, 7) is 3.37. The second-order valence-corrected chi connectivity index (χ2v) is 5.77. The van der Waals surface area contributed by atoms with Gasteiger partial charge in [-0.05, 0) is 37.1 Å². The van der Waals surface area contributed by atoms with Crippen LogP contribution in [0.2, 0.25) is 0 Å². The minimum absolute atomic E-state index is 0. The number of nitrogens with zero attached hydrogens (tertiary/aromatic N) is 2. The summed E-state index contributed by atoms with van der Waals surface area (Å²) in [5.41, 5.74) is 0.946. The van der Waals surface area contributed by atoms with Crippen LogP contribution in [-0.4, -0.2) is 42.5 Å². The second-order valence-electron chi connectivity index (χ2n) is 5.77. The van der Waals surface area contributed by atoms with E-state index in [0.29, 0.717) is 11.7 Å². The Morgan fingerprint density at radius 3 is 2.48 bits per heavy atom. The van der Waals surface area contributed by atoms with Crippen LogP contribution >= 0.6 is 12.4 Å². The van der Waals surface area contributed by atoms with Gasteiger partial charge in [-0.2, -0.15) is 4.98 Å². The Balaban J connectivity index is 0.00000156. The Morgan fingerprint density at radius 1 is 1.09 bits per heavy atom. The van der Waals surface area contributed by atoms with Gasteiger partial charge in [0.2, 0.25) is 11.7 Å². The molecule has 2 aliphatic heterocycles. The Bertz CT molecular complexity index is 622. The van der Waals surface area contributed by atoms with E-state index in [4.69, 9.17) is 14.0 Å². The van der Waals surface area contributed by atoms with Crippen LogP contribution in [-0.2, 0) is 4.74 Å². The summed E-state index contributed by atoms with van der Waals surface area (Å²) < 4.78 is 16.6. The van der Waals surface area contributed by atoms with Gasteiger partial charge in [0.25, 0.3) is 0 Å². The molecule has 124 valence electrons. The molecule has 0 amide bonds. The highest BCUT2D eigenvalue weighted by Gasteiger charge is 2.22. The zero-order valence-electron chi connectivity index (χ0n) is 12.7. The van der Waals surface area contributed by atoms with Crippen LogP contribution in [0.4, 0.5) is 0 Å². The number of rotatable bonds is 4. The lowest BCUT2D eigenvalue weighted by atomic mass is 10.0. The number of benzene rings is 1. The average molecular weight is 338 g/mol. The van der Waals surface area contributed by atoms with Crippen molar-refractivity contribution in [3.05, 3.63) is 30.2 Å². The van der Waals surface area contributed by atoms with Crippen LogP contribution in [0.1, 0.15) is 24.7 Å². The van der Waals surface area contributed by atoms with E-state index in [2.05, 4.69) is 15.5 Å². The molecule has 3 heterocycles. The van der Waals surface area contributed by atoms with E-state index in [-0.39, 0.29) is 18.5 Å². The maximum absolute atomic E-state index is 5.80. The molecule has 1 aromatic heterocycles. The highest BCUT2D eigenvalue weighted by atomic mass is 35.5.